The van der Waals surface area contributed by atoms with Crippen molar-refractivity contribution in [1.82, 2.24) is 0 Å². The van der Waals surface area contributed by atoms with E-state index in [0.29, 0.717) is 6.29 Å². The highest BCUT2D eigenvalue weighted by Crippen LogP contribution is 2.36. The highest BCUT2D eigenvalue weighted by Gasteiger charge is 2.34. The van der Waals surface area contributed by atoms with Crippen LogP contribution in [-0.4, -0.2) is 6.29 Å². The molecule has 0 amide bonds. The van der Waals surface area contributed by atoms with Crippen molar-refractivity contribution in [2.24, 2.45) is 0 Å². The largest absolute Gasteiger partial charge is 0.416 e. The van der Waals surface area contributed by atoms with Gasteiger partial charge in [0.1, 0.15) is 6.29 Å². The molecule has 5 heteroatoms. The lowest BCUT2D eigenvalue weighted by atomic mass is 10.1. The van der Waals surface area contributed by atoms with E-state index in [0.717, 1.165) is 6.07 Å². The number of halogens is 4. The van der Waals surface area contributed by atoms with Crippen molar-refractivity contribution in [2.75, 3.05) is 0 Å². The summed E-state index contributed by atoms with van der Waals surface area (Å²) in [6, 6.07) is 4.98. The summed E-state index contributed by atoms with van der Waals surface area (Å²) >= 11 is 2.86. The minimum Gasteiger partial charge on any atom is -0.302 e. The van der Waals surface area contributed by atoms with Gasteiger partial charge in [-0.15, -0.1) is 0 Å². The van der Waals surface area contributed by atoms with Gasteiger partial charge in [0.15, 0.2) is 0 Å². The first-order valence-corrected chi connectivity index (χ1v) is 4.64. The van der Waals surface area contributed by atoms with E-state index in [1.54, 1.807) is 0 Å². The molecule has 0 heterocycles. The average Bonchev–Trinajstić information content (AvgIpc) is 2.15. The molecule has 76 valence electrons. The van der Waals surface area contributed by atoms with Gasteiger partial charge in [-0.1, -0.05) is 34.1 Å². The van der Waals surface area contributed by atoms with Crippen LogP contribution in [0.1, 0.15) is 16.0 Å². The van der Waals surface area contributed by atoms with Gasteiger partial charge in [-0.3, -0.25) is 0 Å². The molecule has 1 nitrogen and oxygen atoms in total. The van der Waals surface area contributed by atoms with Gasteiger partial charge >= 0.3 is 6.18 Å². The SMILES string of the molecule is O=C[C@@H](Br)c1ccccc1C(F)(F)F. The molecule has 0 aromatic heterocycles. The van der Waals surface area contributed by atoms with Crippen LogP contribution in [0.3, 0.4) is 0 Å². The lowest BCUT2D eigenvalue weighted by molar-refractivity contribution is -0.138. The summed E-state index contributed by atoms with van der Waals surface area (Å²) in [7, 11) is 0. The minimum atomic E-state index is -4.42. The van der Waals surface area contributed by atoms with Crippen LogP contribution in [0, 0.1) is 0 Å². The van der Waals surface area contributed by atoms with Gasteiger partial charge < -0.3 is 4.79 Å². The van der Waals surface area contributed by atoms with Crippen LogP contribution in [0.15, 0.2) is 24.3 Å². The Balaban J connectivity index is 3.22. The van der Waals surface area contributed by atoms with Gasteiger partial charge in [0, 0.05) is 0 Å². The molecule has 0 saturated heterocycles. The quantitative estimate of drug-likeness (QED) is 0.593. The van der Waals surface area contributed by atoms with E-state index < -0.39 is 16.6 Å². The zero-order valence-corrected chi connectivity index (χ0v) is 8.47. The lowest BCUT2D eigenvalue weighted by Crippen LogP contribution is -2.10. The fourth-order valence-corrected chi connectivity index (χ4v) is 1.47. The fourth-order valence-electron chi connectivity index (χ4n) is 1.07. The third-order valence-corrected chi connectivity index (χ3v) is 2.39. The van der Waals surface area contributed by atoms with Gasteiger partial charge in [-0.05, 0) is 11.6 Å². The molecule has 1 atom stereocenters. The summed E-state index contributed by atoms with van der Waals surface area (Å²) in [5.74, 6) is 0. The Kier molecular flexibility index (Phi) is 3.31. The number of carbonyl (C=O) groups excluding carboxylic acids is 1. The molecule has 0 radical (unpaired) electrons. The third kappa shape index (κ3) is 2.35. The number of hydrogen-bond donors (Lipinski definition) is 0. The van der Waals surface area contributed by atoms with Crippen molar-refractivity contribution in [1.29, 1.82) is 0 Å². The molecule has 0 N–H and O–H groups in total. The Morgan fingerprint density at radius 2 is 1.86 bits per heavy atom. The second-order valence-electron chi connectivity index (χ2n) is 2.62. The molecule has 1 rings (SSSR count). The van der Waals surface area contributed by atoms with E-state index in [1.165, 1.54) is 18.2 Å². The number of carbonyl (C=O) groups is 1. The Morgan fingerprint density at radius 1 is 1.29 bits per heavy atom. The van der Waals surface area contributed by atoms with Crippen molar-refractivity contribution >= 4 is 22.2 Å². The predicted molar refractivity (Wildman–Crippen MR) is 49.2 cm³/mol. The molecule has 14 heavy (non-hydrogen) atoms. The average molecular weight is 267 g/mol. The Labute approximate surface area is 87.1 Å². The van der Waals surface area contributed by atoms with Crippen LogP contribution < -0.4 is 0 Å². The molecule has 0 aliphatic heterocycles. The maximum Gasteiger partial charge on any atom is 0.416 e. The number of benzene rings is 1. The Bertz CT molecular complexity index is 335. The van der Waals surface area contributed by atoms with E-state index in [2.05, 4.69) is 15.9 Å². The van der Waals surface area contributed by atoms with Gasteiger partial charge in [0.2, 0.25) is 0 Å². The summed E-state index contributed by atoms with van der Waals surface area (Å²) in [5, 5.41) is 0. The zero-order valence-electron chi connectivity index (χ0n) is 6.88. The van der Waals surface area contributed by atoms with E-state index in [9.17, 15) is 18.0 Å². The van der Waals surface area contributed by atoms with Crippen LogP contribution in [0.5, 0.6) is 0 Å². The van der Waals surface area contributed by atoms with E-state index in [1.807, 2.05) is 0 Å². The molecule has 0 saturated carbocycles. The van der Waals surface area contributed by atoms with Crippen molar-refractivity contribution in [2.45, 2.75) is 11.0 Å². The number of hydrogen-bond acceptors (Lipinski definition) is 1. The zero-order chi connectivity index (χ0) is 10.8. The number of aldehydes is 1. The van der Waals surface area contributed by atoms with Gasteiger partial charge in [0.25, 0.3) is 0 Å². The second-order valence-corrected chi connectivity index (χ2v) is 3.61. The van der Waals surface area contributed by atoms with E-state index in [-0.39, 0.29) is 5.56 Å². The van der Waals surface area contributed by atoms with Gasteiger partial charge in [-0.2, -0.15) is 13.2 Å². The van der Waals surface area contributed by atoms with Gasteiger partial charge in [-0.25, -0.2) is 0 Å². The van der Waals surface area contributed by atoms with Crippen LogP contribution in [0.2, 0.25) is 0 Å². The predicted octanol–water partition coefficient (Wildman–Crippen LogP) is 3.34. The normalized spacial score (nSPS) is 13.7. The third-order valence-electron chi connectivity index (χ3n) is 1.68. The van der Waals surface area contributed by atoms with Crippen LogP contribution in [-0.2, 0) is 11.0 Å². The van der Waals surface area contributed by atoms with Crippen LogP contribution in [0.25, 0.3) is 0 Å². The van der Waals surface area contributed by atoms with Crippen molar-refractivity contribution in [3.8, 4) is 0 Å². The van der Waals surface area contributed by atoms with Crippen LogP contribution in [0.4, 0.5) is 13.2 Å². The first kappa shape index (κ1) is 11.2. The van der Waals surface area contributed by atoms with E-state index in [4.69, 9.17) is 0 Å². The molecule has 0 aliphatic carbocycles. The molecule has 1 aromatic rings. The number of rotatable bonds is 2. The first-order valence-electron chi connectivity index (χ1n) is 3.72. The molecular weight excluding hydrogens is 261 g/mol. The van der Waals surface area contributed by atoms with Crippen molar-refractivity contribution in [3.05, 3.63) is 35.4 Å². The summed E-state index contributed by atoms with van der Waals surface area (Å²) in [6.07, 6.45) is -4.00. The van der Waals surface area contributed by atoms with Crippen LogP contribution >= 0.6 is 15.9 Å². The highest BCUT2D eigenvalue weighted by molar-refractivity contribution is 9.09. The number of alkyl halides is 4. The Morgan fingerprint density at radius 3 is 2.36 bits per heavy atom. The van der Waals surface area contributed by atoms with E-state index >= 15 is 0 Å². The first-order chi connectivity index (χ1) is 6.46. The topological polar surface area (TPSA) is 17.1 Å². The fraction of sp³-hybridized carbons (Fsp3) is 0.222. The molecule has 1 aromatic carbocycles. The monoisotopic (exact) mass is 266 g/mol. The maximum atomic E-state index is 12.4. The summed E-state index contributed by atoms with van der Waals surface area (Å²) in [4.78, 5) is 9.45. The second kappa shape index (κ2) is 4.13. The minimum absolute atomic E-state index is 0.0602. The molecule has 0 aliphatic rings. The van der Waals surface area contributed by atoms with Crippen molar-refractivity contribution < 1.29 is 18.0 Å². The van der Waals surface area contributed by atoms with Crippen molar-refractivity contribution in [3.63, 3.8) is 0 Å². The summed E-state index contributed by atoms with van der Waals surface area (Å²) < 4.78 is 37.2. The summed E-state index contributed by atoms with van der Waals surface area (Å²) in [6.45, 7) is 0. The standard InChI is InChI=1S/C9H6BrF3O/c10-8(5-14)6-3-1-2-4-7(6)9(11,12)13/h1-5,8H/t8-/m1/s1. The highest BCUT2D eigenvalue weighted by atomic mass is 79.9. The molecule has 0 bridgehead atoms. The molecule has 0 spiro atoms. The summed E-state index contributed by atoms with van der Waals surface area (Å²) in [5.41, 5.74) is -0.844. The molecule has 0 fully saturated rings. The maximum absolute atomic E-state index is 12.4. The molecular formula is C9H6BrF3O. The van der Waals surface area contributed by atoms with Gasteiger partial charge in [0.05, 0.1) is 10.4 Å². The smallest absolute Gasteiger partial charge is 0.302 e. The Hall–Kier alpha value is -0.840. The lowest BCUT2D eigenvalue weighted by Gasteiger charge is -2.13. The molecule has 0 unspecified atom stereocenters.